The highest BCUT2D eigenvalue weighted by Gasteiger charge is 2.40. The number of benzene rings is 1. The molecule has 0 saturated carbocycles. The van der Waals surface area contributed by atoms with Crippen molar-refractivity contribution in [3.8, 4) is 0 Å². The molecular weight excluding hydrogens is 347 g/mol. The van der Waals surface area contributed by atoms with E-state index >= 15 is 0 Å². The summed E-state index contributed by atoms with van der Waals surface area (Å²) in [6.45, 7) is 4.68. The number of hydrogen-bond donors (Lipinski definition) is 0. The molecule has 0 N–H and O–H groups in total. The molecule has 0 aromatic heterocycles. The third-order valence-electron chi connectivity index (χ3n) is 5.06. The zero-order valence-corrected chi connectivity index (χ0v) is 15.3. The van der Waals surface area contributed by atoms with E-state index < -0.39 is 15.8 Å². The summed E-state index contributed by atoms with van der Waals surface area (Å²) in [6, 6.07) is 3.85. The maximum atomic E-state index is 13.5. The normalized spacial score (nSPS) is 23.1. The highest BCUT2D eigenvalue weighted by molar-refractivity contribution is 7.89. The number of piperidine rings is 1. The topological polar surface area (TPSA) is 66.9 Å². The number of carbonyl (C=O) groups is 1. The van der Waals surface area contributed by atoms with Gasteiger partial charge < -0.3 is 4.74 Å². The van der Waals surface area contributed by atoms with Gasteiger partial charge in [0.25, 0.3) is 0 Å². The Morgan fingerprint density at radius 2 is 1.96 bits per heavy atom. The standard InChI is InChI=1S/C17H23FN2O4S/c1-3-14-11-24-17(21)20(14)15-6-8-19(9-7-15)25(22,23)16-10-13(18)5-4-12(16)2/h4-5,10,14-15H,3,6-9,11H2,1-2H3. The summed E-state index contributed by atoms with van der Waals surface area (Å²) >= 11 is 0. The minimum atomic E-state index is -3.74. The SMILES string of the molecule is CCC1COC(=O)N1C1CCN(S(=O)(=O)c2cc(F)ccc2C)CC1. The second-order valence-corrected chi connectivity index (χ2v) is 8.50. The quantitative estimate of drug-likeness (QED) is 0.817. The van der Waals surface area contributed by atoms with E-state index in [0.29, 0.717) is 38.1 Å². The first-order chi connectivity index (χ1) is 11.8. The number of cyclic esters (lactones) is 1. The van der Waals surface area contributed by atoms with Crippen molar-refractivity contribution in [2.75, 3.05) is 19.7 Å². The van der Waals surface area contributed by atoms with E-state index in [1.165, 1.54) is 16.4 Å². The van der Waals surface area contributed by atoms with Crippen molar-refractivity contribution in [2.45, 2.75) is 50.1 Å². The summed E-state index contributed by atoms with van der Waals surface area (Å²) in [7, 11) is -3.74. The number of aryl methyl sites for hydroxylation is 1. The molecule has 2 aliphatic rings. The van der Waals surface area contributed by atoms with Crippen LogP contribution in [0.1, 0.15) is 31.7 Å². The molecule has 1 aromatic rings. The van der Waals surface area contributed by atoms with Gasteiger partial charge in [0.05, 0.1) is 10.9 Å². The van der Waals surface area contributed by atoms with Gasteiger partial charge >= 0.3 is 6.09 Å². The fourth-order valence-electron chi connectivity index (χ4n) is 3.58. The van der Waals surface area contributed by atoms with Crippen molar-refractivity contribution in [3.05, 3.63) is 29.6 Å². The third kappa shape index (κ3) is 3.37. The van der Waals surface area contributed by atoms with Crippen LogP contribution in [-0.2, 0) is 14.8 Å². The van der Waals surface area contributed by atoms with Crippen LogP contribution in [0.3, 0.4) is 0 Å². The molecule has 138 valence electrons. The van der Waals surface area contributed by atoms with Gasteiger partial charge in [-0.25, -0.2) is 17.6 Å². The summed E-state index contributed by atoms with van der Waals surface area (Å²) in [6.07, 6.45) is 1.61. The van der Waals surface area contributed by atoms with Crippen molar-refractivity contribution in [2.24, 2.45) is 0 Å². The van der Waals surface area contributed by atoms with Crippen molar-refractivity contribution >= 4 is 16.1 Å². The summed E-state index contributed by atoms with van der Waals surface area (Å²) in [5.74, 6) is -0.565. The minimum absolute atomic E-state index is 0.0120. The molecule has 2 heterocycles. The van der Waals surface area contributed by atoms with Gasteiger partial charge in [-0.1, -0.05) is 13.0 Å². The van der Waals surface area contributed by atoms with E-state index in [2.05, 4.69) is 0 Å². The number of nitrogens with zero attached hydrogens (tertiary/aromatic N) is 2. The Labute approximate surface area is 147 Å². The lowest BCUT2D eigenvalue weighted by Crippen LogP contribution is -2.49. The zero-order valence-electron chi connectivity index (χ0n) is 14.4. The first-order valence-electron chi connectivity index (χ1n) is 8.56. The molecule has 1 aromatic carbocycles. The van der Waals surface area contributed by atoms with Crippen molar-refractivity contribution in [1.29, 1.82) is 0 Å². The average molecular weight is 370 g/mol. The smallest absolute Gasteiger partial charge is 0.410 e. The monoisotopic (exact) mass is 370 g/mol. The van der Waals surface area contributed by atoms with Gasteiger partial charge in [0.2, 0.25) is 10.0 Å². The van der Waals surface area contributed by atoms with Crippen LogP contribution in [0.15, 0.2) is 23.1 Å². The highest BCUT2D eigenvalue weighted by atomic mass is 32.2. The fraction of sp³-hybridized carbons (Fsp3) is 0.588. The third-order valence-corrected chi connectivity index (χ3v) is 7.10. The van der Waals surface area contributed by atoms with Gasteiger partial charge in [-0.05, 0) is 43.9 Å². The molecule has 1 amide bonds. The summed E-state index contributed by atoms with van der Waals surface area (Å²) in [5, 5.41) is 0. The molecule has 8 heteroatoms. The molecule has 1 unspecified atom stereocenters. The summed E-state index contributed by atoms with van der Waals surface area (Å²) < 4.78 is 45.7. The molecule has 0 bridgehead atoms. The van der Waals surface area contributed by atoms with E-state index in [4.69, 9.17) is 4.74 Å². The number of ether oxygens (including phenoxy) is 1. The molecule has 3 rings (SSSR count). The lowest BCUT2D eigenvalue weighted by molar-refractivity contribution is 0.124. The maximum Gasteiger partial charge on any atom is 0.410 e. The first kappa shape index (κ1) is 18.1. The van der Waals surface area contributed by atoms with Gasteiger partial charge in [0.15, 0.2) is 0 Å². The van der Waals surface area contributed by atoms with E-state index in [1.54, 1.807) is 11.8 Å². The van der Waals surface area contributed by atoms with E-state index in [-0.39, 0.29) is 23.1 Å². The van der Waals surface area contributed by atoms with Gasteiger partial charge in [0, 0.05) is 19.1 Å². The largest absolute Gasteiger partial charge is 0.447 e. The van der Waals surface area contributed by atoms with Crippen molar-refractivity contribution < 1.29 is 22.3 Å². The van der Waals surface area contributed by atoms with E-state index in [0.717, 1.165) is 12.5 Å². The number of sulfonamides is 1. The number of amides is 1. The zero-order chi connectivity index (χ0) is 18.2. The fourth-order valence-corrected chi connectivity index (χ4v) is 5.29. The lowest BCUT2D eigenvalue weighted by Gasteiger charge is -2.37. The lowest BCUT2D eigenvalue weighted by atomic mass is 10.0. The molecule has 25 heavy (non-hydrogen) atoms. The molecule has 1 atom stereocenters. The molecule has 2 fully saturated rings. The number of carbonyl (C=O) groups excluding carboxylic acids is 1. The first-order valence-corrected chi connectivity index (χ1v) is 10.00. The van der Waals surface area contributed by atoms with E-state index in [9.17, 15) is 17.6 Å². The predicted octanol–water partition coefficient (Wildman–Crippen LogP) is 2.52. The number of hydrogen-bond acceptors (Lipinski definition) is 4. The van der Waals surface area contributed by atoms with Gasteiger partial charge in [-0.15, -0.1) is 0 Å². The number of rotatable bonds is 4. The van der Waals surface area contributed by atoms with Crippen LogP contribution in [0.2, 0.25) is 0 Å². The van der Waals surface area contributed by atoms with Crippen LogP contribution in [0.5, 0.6) is 0 Å². The molecule has 0 aliphatic carbocycles. The molecular formula is C17H23FN2O4S. The second kappa shape index (κ2) is 6.92. The van der Waals surface area contributed by atoms with Gasteiger partial charge in [-0.3, -0.25) is 4.90 Å². The summed E-state index contributed by atoms with van der Waals surface area (Å²) in [4.78, 5) is 13.7. The van der Waals surface area contributed by atoms with Crippen LogP contribution in [0.25, 0.3) is 0 Å². The van der Waals surface area contributed by atoms with Crippen LogP contribution in [0.4, 0.5) is 9.18 Å². The molecule has 2 saturated heterocycles. The summed E-state index contributed by atoms with van der Waals surface area (Å²) in [5.41, 5.74) is 0.526. The van der Waals surface area contributed by atoms with Gasteiger partial charge in [0.1, 0.15) is 12.4 Å². The number of halogens is 1. The Morgan fingerprint density at radius 1 is 1.28 bits per heavy atom. The second-order valence-electron chi connectivity index (χ2n) is 6.59. The molecule has 6 nitrogen and oxygen atoms in total. The van der Waals surface area contributed by atoms with Gasteiger partial charge in [-0.2, -0.15) is 4.31 Å². The Morgan fingerprint density at radius 3 is 2.60 bits per heavy atom. The minimum Gasteiger partial charge on any atom is -0.447 e. The Kier molecular flexibility index (Phi) is 5.02. The Balaban J connectivity index is 1.73. The van der Waals surface area contributed by atoms with Crippen LogP contribution < -0.4 is 0 Å². The van der Waals surface area contributed by atoms with Crippen LogP contribution in [0, 0.1) is 12.7 Å². The molecule has 0 radical (unpaired) electrons. The van der Waals surface area contributed by atoms with Crippen LogP contribution >= 0.6 is 0 Å². The average Bonchev–Trinajstić information content (AvgIpc) is 2.97. The van der Waals surface area contributed by atoms with Crippen molar-refractivity contribution in [3.63, 3.8) is 0 Å². The molecule has 0 spiro atoms. The van der Waals surface area contributed by atoms with Crippen LogP contribution in [-0.4, -0.2) is 55.5 Å². The highest BCUT2D eigenvalue weighted by Crippen LogP contribution is 2.29. The van der Waals surface area contributed by atoms with E-state index in [1.807, 2.05) is 6.92 Å². The predicted molar refractivity (Wildman–Crippen MR) is 90.2 cm³/mol. The molecule has 2 aliphatic heterocycles. The Bertz CT molecular complexity index is 760. The Hall–Kier alpha value is -1.67. The van der Waals surface area contributed by atoms with Crippen molar-refractivity contribution in [1.82, 2.24) is 9.21 Å². The maximum absolute atomic E-state index is 13.5.